The molecule has 3 aromatic rings. The van der Waals surface area contributed by atoms with Gasteiger partial charge in [-0.3, -0.25) is 15.0 Å². The number of ketones is 1. The molecular weight excluding hydrogens is 458 g/mol. The molecule has 1 amide bonds. The molecule has 4 rings (SSSR count). The van der Waals surface area contributed by atoms with Crippen LogP contribution in [0.2, 0.25) is 10.0 Å². The Kier molecular flexibility index (Phi) is 6.98. The number of hydrazine groups is 1. The van der Waals surface area contributed by atoms with Gasteiger partial charge in [0.05, 0.1) is 5.02 Å². The summed E-state index contributed by atoms with van der Waals surface area (Å²) >= 11 is 11.6. The van der Waals surface area contributed by atoms with E-state index in [-0.39, 0.29) is 40.7 Å². The van der Waals surface area contributed by atoms with Gasteiger partial charge in [-0.05, 0) is 55.2 Å². The Bertz CT molecular complexity index is 1150. The molecule has 1 fully saturated rings. The molecule has 1 saturated heterocycles. The van der Waals surface area contributed by atoms with Crippen LogP contribution in [0.5, 0.6) is 5.75 Å². The third kappa shape index (κ3) is 5.59. The van der Waals surface area contributed by atoms with E-state index < -0.39 is 5.82 Å². The van der Waals surface area contributed by atoms with Crippen LogP contribution < -0.4 is 10.2 Å². The first-order valence-electron chi connectivity index (χ1n) is 10.2. The van der Waals surface area contributed by atoms with Crippen molar-refractivity contribution in [3.05, 3.63) is 64.1 Å². The Morgan fingerprint density at radius 1 is 1.19 bits per heavy atom. The fourth-order valence-corrected chi connectivity index (χ4v) is 3.96. The smallest absolute Gasteiger partial charge is 0.301 e. The van der Waals surface area contributed by atoms with Crippen LogP contribution >= 0.6 is 23.2 Å². The molecule has 1 atom stereocenters. The van der Waals surface area contributed by atoms with E-state index in [1.807, 2.05) is 5.01 Å². The van der Waals surface area contributed by atoms with Crippen molar-refractivity contribution in [3.63, 3.8) is 0 Å². The second-order valence-corrected chi connectivity index (χ2v) is 8.62. The average Bonchev–Trinajstić information content (AvgIpc) is 3.39. The van der Waals surface area contributed by atoms with E-state index in [4.69, 9.17) is 32.4 Å². The minimum Gasteiger partial charge on any atom is -0.486 e. The standard InChI is InChI=1S/C23H21Cl2FN2O4/c24-16-2-6-21-15(9-16)10-22(32-21)23(30)27-28-8-7-14(12-28)1-3-17(29)13-31-18-4-5-19(25)20(26)11-18/h2,4-6,9-11,14H,1,3,7-8,12-13H2,(H,27,30)/t14-/m1/s1. The van der Waals surface area contributed by atoms with Crippen molar-refractivity contribution in [3.8, 4) is 5.75 Å². The third-order valence-electron chi connectivity index (χ3n) is 5.37. The minimum atomic E-state index is -0.587. The van der Waals surface area contributed by atoms with Crippen LogP contribution in [0.3, 0.4) is 0 Å². The first kappa shape index (κ1) is 22.6. The van der Waals surface area contributed by atoms with Crippen molar-refractivity contribution < 1.29 is 23.1 Å². The maximum atomic E-state index is 13.4. The number of furan rings is 1. The van der Waals surface area contributed by atoms with Crippen molar-refractivity contribution in [2.24, 2.45) is 5.92 Å². The summed E-state index contributed by atoms with van der Waals surface area (Å²) in [5.74, 6) is -0.209. The fourth-order valence-electron chi connectivity index (χ4n) is 3.66. The highest BCUT2D eigenvalue weighted by Gasteiger charge is 2.25. The molecule has 1 aliphatic heterocycles. The van der Waals surface area contributed by atoms with Gasteiger partial charge in [0, 0.05) is 36.0 Å². The summed E-state index contributed by atoms with van der Waals surface area (Å²) in [5, 5.41) is 3.19. The second kappa shape index (κ2) is 9.90. The summed E-state index contributed by atoms with van der Waals surface area (Å²) in [6.07, 6.45) is 1.91. The molecule has 1 aromatic heterocycles. The van der Waals surface area contributed by atoms with Gasteiger partial charge in [-0.15, -0.1) is 0 Å². The zero-order valence-electron chi connectivity index (χ0n) is 17.1. The molecule has 0 radical (unpaired) electrons. The van der Waals surface area contributed by atoms with Gasteiger partial charge < -0.3 is 9.15 Å². The maximum absolute atomic E-state index is 13.4. The van der Waals surface area contributed by atoms with Crippen LogP contribution in [0.4, 0.5) is 4.39 Å². The lowest BCUT2D eigenvalue weighted by Gasteiger charge is -2.16. The quantitative estimate of drug-likeness (QED) is 0.477. The van der Waals surface area contributed by atoms with Gasteiger partial charge in [-0.2, -0.15) is 0 Å². The Hall–Kier alpha value is -2.61. The summed E-state index contributed by atoms with van der Waals surface area (Å²) in [6, 6.07) is 10.9. The molecule has 2 aromatic carbocycles. The zero-order valence-corrected chi connectivity index (χ0v) is 18.6. The Morgan fingerprint density at radius 3 is 2.84 bits per heavy atom. The molecule has 0 spiro atoms. The number of Topliss-reactive ketones (excluding diaryl/α,β-unsaturated/α-hetero) is 1. The topological polar surface area (TPSA) is 71.8 Å². The molecule has 0 aliphatic carbocycles. The van der Waals surface area contributed by atoms with E-state index in [0.29, 0.717) is 36.5 Å². The first-order valence-corrected chi connectivity index (χ1v) is 11.0. The van der Waals surface area contributed by atoms with Gasteiger partial charge >= 0.3 is 5.91 Å². The predicted molar refractivity (Wildman–Crippen MR) is 120 cm³/mol. The lowest BCUT2D eigenvalue weighted by Crippen LogP contribution is -2.40. The van der Waals surface area contributed by atoms with Crippen LogP contribution in [0.15, 0.2) is 46.9 Å². The van der Waals surface area contributed by atoms with Gasteiger partial charge in [-0.1, -0.05) is 23.2 Å². The maximum Gasteiger partial charge on any atom is 0.301 e. The molecule has 1 N–H and O–H groups in total. The number of hydrogen-bond donors (Lipinski definition) is 1. The summed E-state index contributed by atoms with van der Waals surface area (Å²) in [4.78, 5) is 24.6. The van der Waals surface area contributed by atoms with Crippen LogP contribution in [0.25, 0.3) is 11.0 Å². The number of fused-ring (bicyclic) bond motifs is 1. The second-order valence-electron chi connectivity index (χ2n) is 7.78. The summed E-state index contributed by atoms with van der Waals surface area (Å²) in [7, 11) is 0. The molecule has 168 valence electrons. The number of carbonyl (C=O) groups is 2. The van der Waals surface area contributed by atoms with Crippen LogP contribution in [-0.2, 0) is 4.79 Å². The minimum absolute atomic E-state index is 0.00581. The van der Waals surface area contributed by atoms with Gasteiger partial charge in [0.2, 0.25) is 0 Å². The Balaban J connectivity index is 1.20. The van der Waals surface area contributed by atoms with E-state index in [2.05, 4.69) is 5.43 Å². The number of nitrogens with one attached hydrogen (secondary N) is 1. The third-order valence-corrected chi connectivity index (χ3v) is 5.91. The summed E-state index contributed by atoms with van der Waals surface area (Å²) in [6.45, 7) is 1.22. The monoisotopic (exact) mass is 478 g/mol. The van der Waals surface area contributed by atoms with Crippen molar-refractivity contribution in [2.75, 3.05) is 19.7 Å². The molecule has 9 heteroatoms. The average molecular weight is 479 g/mol. The molecule has 0 unspecified atom stereocenters. The molecule has 2 heterocycles. The molecule has 0 bridgehead atoms. The summed E-state index contributed by atoms with van der Waals surface area (Å²) in [5.41, 5.74) is 3.45. The van der Waals surface area contributed by atoms with Gasteiger partial charge in [0.1, 0.15) is 23.8 Å². The summed E-state index contributed by atoms with van der Waals surface area (Å²) < 4.78 is 24.4. The van der Waals surface area contributed by atoms with E-state index in [9.17, 15) is 14.0 Å². The number of ether oxygens (including phenoxy) is 1. The number of halogens is 3. The van der Waals surface area contributed by atoms with Crippen LogP contribution in [0, 0.1) is 11.7 Å². The van der Waals surface area contributed by atoms with Crippen molar-refractivity contribution in [2.45, 2.75) is 19.3 Å². The zero-order chi connectivity index (χ0) is 22.7. The highest BCUT2D eigenvalue weighted by atomic mass is 35.5. The number of amides is 1. The van der Waals surface area contributed by atoms with Crippen LogP contribution in [-0.4, -0.2) is 36.4 Å². The number of hydrogen-bond acceptors (Lipinski definition) is 5. The molecular formula is C23H21Cl2FN2O4. The molecule has 0 saturated carbocycles. The van der Waals surface area contributed by atoms with Gasteiger partial charge in [-0.25, -0.2) is 9.40 Å². The van der Waals surface area contributed by atoms with E-state index in [0.717, 1.165) is 17.9 Å². The van der Waals surface area contributed by atoms with E-state index in [1.54, 1.807) is 24.3 Å². The number of rotatable bonds is 8. The lowest BCUT2D eigenvalue weighted by molar-refractivity contribution is -0.121. The van der Waals surface area contributed by atoms with E-state index in [1.165, 1.54) is 12.1 Å². The van der Waals surface area contributed by atoms with Gasteiger partial charge in [0.15, 0.2) is 11.5 Å². The highest BCUT2D eigenvalue weighted by Crippen LogP contribution is 2.24. The molecule has 1 aliphatic rings. The number of nitrogens with zero attached hydrogens (tertiary/aromatic N) is 1. The SMILES string of the molecule is O=C(CC[C@@H]1CCN(NC(=O)c2cc3cc(Cl)ccc3o2)C1)COc1ccc(Cl)c(F)c1. The Morgan fingerprint density at radius 2 is 2.03 bits per heavy atom. The molecule has 6 nitrogen and oxygen atoms in total. The van der Waals surface area contributed by atoms with Crippen molar-refractivity contribution >= 4 is 45.9 Å². The lowest BCUT2D eigenvalue weighted by atomic mass is 10.0. The van der Waals surface area contributed by atoms with Crippen molar-refractivity contribution in [1.29, 1.82) is 0 Å². The predicted octanol–water partition coefficient (Wildman–Crippen LogP) is 5.27. The number of carbonyl (C=O) groups excluding carboxylic acids is 2. The first-order chi connectivity index (χ1) is 15.4. The fraction of sp³-hybridized carbons (Fsp3) is 0.304. The normalized spacial score (nSPS) is 16.4. The van der Waals surface area contributed by atoms with Gasteiger partial charge in [0.25, 0.3) is 0 Å². The van der Waals surface area contributed by atoms with Crippen molar-refractivity contribution in [1.82, 2.24) is 10.4 Å². The molecule has 32 heavy (non-hydrogen) atoms. The largest absolute Gasteiger partial charge is 0.486 e. The highest BCUT2D eigenvalue weighted by molar-refractivity contribution is 6.31. The Labute approximate surface area is 194 Å². The number of benzene rings is 2. The van der Waals surface area contributed by atoms with Crippen LogP contribution in [0.1, 0.15) is 29.8 Å². The van der Waals surface area contributed by atoms with E-state index >= 15 is 0 Å².